The zero-order valence-electron chi connectivity index (χ0n) is 17.9. The zero-order chi connectivity index (χ0) is 23.2. The van der Waals surface area contributed by atoms with Crippen molar-refractivity contribution in [2.45, 2.75) is 0 Å². The molecule has 4 rings (SSSR count). The van der Waals surface area contributed by atoms with Gasteiger partial charge in [0, 0.05) is 48.1 Å². The number of nitrogens with one attached hydrogen (secondary N) is 1. The predicted octanol–water partition coefficient (Wildman–Crippen LogP) is 5.72. The van der Waals surface area contributed by atoms with E-state index in [9.17, 15) is 9.59 Å². The number of hydrogen-bond donors (Lipinski definition) is 1. The van der Waals surface area contributed by atoms with E-state index in [4.69, 9.17) is 11.6 Å². The predicted molar refractivity (Wildman–Crippen MR) is 138 cm³/mol. The van der Waals surface area contributed by atoms with Crippen molar-refractivity contribution < 1.29 is 9.59 Å². The molecule has 0 aromatic heterocycles. The highest BCUT2D eigenvalue weighted by Gasteiger charge is 2.20. The lowest BCUT2D eigenvalue weighted by atomic mass is 10.2. The first-order valence-corrected chi connectivity index (χ1v) is 11.8. The molecule has 168 valence electrons. The summed E-state index contributed by atoms with van der Waals surface area (Å²) in [6.07, 6.45) is 3.49. The highest BCUT2D eigenvalue weighted by atomic mass is 79.9. The van der Waals surface area contributed by atoms with Crippen LogP contribution < -0.4 is 10.2 Å². The summed E-state index contributed by atoms with van der Waals surface area (Å²) in [5.41, 5.74) is 3.18. The van der Waals surface area contributed by atoms with E-state index in [1.165, 1.54) is 0 Å². The van der Waals surface area contributed by atoms with Crippen LogP contribution in [0.5, 0.6) is 0 Å². The Kier molecular flexibility index (Phi) is 7.47. The van der Waals surface area contributed by atoms with Gasteiger partial charge in [-0.1, -0.05) is 57.9 Å². The molecule has 1 aliphatic heterocycles. The van der Waals surface area contributed by atoms with Crippen LogP contribution in [0.2, 0.25) is 5.02 Å². The topological polar surface area (TPSA) is 52.7 Å². The molecule has 1 saturated heterocycles. The standard InChI is InChI=1S/C26H23BrClN3O2/c27-20-7-12-24(28)23(18-20)26(33)29-21-8-10-22(11-9-21)30-14-16-31(17-15-30)25(32)13-6-19-4-2-1-3-5-19/h1-13,18H,14-17H2,(H,29,33)/b13-6+. The van der Waals surface area contributed by atoms with Gasteiger partial charge in [0.2, 0.25) is 5.91 Å². The lowest BCUT2D eigenvalue weighted by Crippen LogP contribution is -2.48. The maximum Gasteiger partial charge on any atom is 0.257 e. The van der Waals surface area contributed by atoms with Gasteiger partial charge in [0.15, 0.2) is 0 Å². The first-order valence-electron chi connectivity index (χ1n) is 10.6. The maximum absolute atomic E-state index is 12.5. The van der Waals surface area contributed by atoms with Gasteiger partial charge in [0.1, 0.15) is 0 Å². The molecule has 2 amide bonds. The largest absolute Gasteiger partial charge is 0.368 e. The number of piperazine rings is 1. The van der Waals surface area contributed by atoms with Crippen LogP contribution in [0.15, 0.2) is 83.3 Å². The van der Waals surface area contributed by atoms with Gasteiger partial charge < -0.3 is 15.1 Å². The lowest BCUT2D eigenvalue weighted by molar-refractivity contribution is -0.126. The third-order valence-corrected chi connectivity index (χ3v) is 6.30. The van der Waals surface area contributed by atoms with E-state index in [1.807, 2.05) is 65.6 Å². The second-order valence-electron chi connectivity index (χ2n) is 7.68. The van der Waals surface area contributed by atoms with Crippen molar-refractivity contribution in [1.82, 2.24) is 4.90 Å². The van der Waals surface area contributed by atoms with E-state index in [2.05, 4.69) is 26.1 Å². The van der Waals surface area contributed by atoms with E-state index in [1.54, 1.807) is 24.3 Å². The van der Waals surface area contributed by atoms with Gasteiger partial charge in [-0.3, -0.25) is 9.59 Å². The van der Waals surface area contributed by atoms with Crippen LogP contribution >= 0.6 is 27.5 Å². The Balaban J connectivity index is 1.31. The zero-order valence-corrected chi connectivity index (χ0v) is 20.2. The lowest BCUT2D eigenvalue weighted by Gasteiger charge is -2.35. The summed E-state index contributed by atoms with van der Waals surface area (Å²) in [4.78, 5) is 29.1. The quantitative estimate of drug-likeness (QED) is 0.435. The van der Waals surface area contributed by atoms with Gasteiger partial charge in [0.05, 0.1) is 10.6 Å². The van der Waals surface area contributed by atoms with Crippen molar-refractivity contribution in [3.05, 3.63) is 99.5 Å². The number of rotatable bonds is 5. The molecular weight excluding hydrogens is 502 g/mol. The summed E-state index contributed by atoms with van der Waals surface area (Å²) in [6.45, 7) is 2.84. The third kappa shape index (κ3) is 6.03. The fraction of sp³-hybridized carbons (Fsp3) is 0.154. The van der Waals surface area contributed by atoms with Crippen LogP contribution in [0.25, 0.3) is 6.08 Å². The summed E-state index contributed by atoms with van der Waals surface area (Å²) in [7, 11) is 0. The van der Waals surface area contributed by atoms with Crippen molar-refractivity contribution in [3.8, 4) is 0 Å². The number of carbonyl (C=O) groups is 2. The minimum Gasteiger partial charge on any atom is -0.368 e. The van der Waals surface area contributed by atoms with Gasteiger partial charge in [-0.15, -0.1) is 0 Å². The van der Waals surface area contributed by atoms with Crippen LogP contribution in [-0.4, -0.2) is 42.9 Å². The van der Waals surface area contributed by atoms with E-state index in [-0.39, 0.29) is 11.8 Å². The molecule has 1 N–H and O–H groups in total. The molecule has 0 saturated carbocycles. The van der Waals surface area contributed by atoms with Crippen molar-refractivity contribution >= 4 is 56.8 Å². The Labute approximate surface area is 206 Å². The van der Waals surface area contributed by atoms with E-state index in [0.29, 0.717) is 29.4 Å². The number of anilines is 2. The summed E-state index contributed by atoms with van der Waals surface area (Å²) < 4.78 is 0.792. The average Bonchev–Trinajstić information content (AvgIpc) is 2.85. The minimum absolute atomic E-state index is 0.0303. The first kappa shape index (κ1) is 23.1. The molecule has 0 bridgehead atoms. The normalized spacial score (nSPS) is 13.9. The van der Waals surface area contributed by atoms with Gasteiger partial charge in [-0.05, 0) is 54.1 Å². The molecule has 3 aromatic carbocycles. The molecule has 1 fully saturated rings. The highest BCUT2D eigenvalue weighted by Crippen LogP contribution is 2.24. The Morgan fingerprint density at radius 1 is 0.909 bits per heavy atom. The van der Waals surface area contributed by atoms with Crippen LogP contribution in [-0.2, 0) is 4.79 Å². The molecule has 33 heavy (non-hydrogen) atoms. The number of halogens is 2. The summed E-state index contributed by atoms with van der Waals surface area (Å²) in [5.74, 6) is -0.229. The Hall–Kier alpha value is -3.09. The monoisotopic (exact) mass is 523 g/mol. The smallest absolute Gasteiger partial charge is 0.257 e. The highest BCUT2D eigenvalue weighted by molar-refractivity contribution is 9.10. The fourth-order valence-corrected chi connectivity index (χ4v) is 4.21. The fourth-order valence-electron chi connectivity index (χ4n) is 3.65. The van der Waals surface area contributed by atoms with Crippen molar-refractivity contribution in [3.63, 3.8) is 0 Å². The molecule has 5 nitrogen and oxygen atoms in total. The molecular formula is C26H23BrClN3O2. The van der Waals surface area contributed by atoms with Crippen molar-refractivity contribution in [2.75, 3.05) is 36.4 Å². The number of benzene rings is 3. The molecule has 0 aliphatic carbocycles. The van der Waals surface area contributed by atoms with Gasteiger partial charge in [-0.25, -0.2) is 0 Å². The van der Waals surface area contributed by atoms with Gasteiger partial charge in [0.25, 0.3) is 5.91 Å². The molecule has 1 aliphatic rings. The Bertz CT molecular complexity index is 1160. The van der Waals surface area contributed by atoms with Crippen LogP contribution in [0.1, 0.15) is 15.9 Å². The molecule has 0 unspecified atom stereocenters. The summed E-state index contributed by atoms with van der Waals surface area (Å²) >= 11 is 9.51. The van der Waals surface area contributed by atoms with Gasteiger partial charge >= 0.3 is 0 Å². The van der Waals surface area contributed by atoms with Crippen LogP contribution in [0.4, 0.5) is 11.4 Å². The van der Waals surface area contributed by atoms with Crippen molar-refractivity contribution in [2.24, 2.45) is 0 Å². The first-order chi connectivity index (χ1) is 16.0. The van der Waals surface area contributed by atoms with Crippen LogP contribution in [0.3, 0.4) is 0 Å². The minimum atomic E-state index is -0.260. The molecule has 3 aromatic rings. The number of amides is 2. The average molecular weight is 525 g/mol. The number of carbonyl (C=O) groups excluding carboxylic acids is 2. The van der Waals surface area contributed by atoms with E-state index in [0.717, 1.165) is 28.8 Å². The summed E-state index contributed by atoms with van der Waals surface area (Å²) in [5, 5.41) is 3.28. The van der Waals surface area contributed by atoms with E-state index >= 15 is 0 Å². The molecule has 7 heteroatoms. The molecule has 0 radical (unpaired) electrons. The van der Waals surface area contributed by atoms with Gasteiger partial charge in [-0.2, -0.15) is 0 Å². The molecule has 0 spiro atoms. The van der Waals surface area contributed by atoms with Crippen molar-refractivity contribution in [1.29, 1.82) is 0 Å². The maximum atomic E-state index is 12.5. The SMILES string of the molecule is O=C(Nc1ccc(N2CCN(C(=O)/C=C/c3ccccc3)CC2)cc1)c1cc(Br)ccc1Cl. The number of nitrogens with zero attached hydrogens (tertiary/aromatic N) is 2. The molecule has 0 atom stereocenters. The van der Waals surface area contributed by atoms with E-state index < -0.39 is 0 Å². The second kappa shape index (κ2) is 10.7. The Morgan fingerprint density at radius 3 is 2.30 bits per heavy atom. The molecule has 1 heterocycles. The van der Waals surface area contributed by atoms with Crippen LogP contribution in [0, 0.1) is 0 Å². The number of hydrogen-bond acceptors (Lipinski definition) is 3. The third-order valence-electron chi connectivity index (χ3n) is 5.47. The summed E-state index contributed by atoms with van der Waals surface area (Å²) in [6, 6.07) is 22.7. The Morgan fingerprint density at radius 2 is 1.61 bits per heavy atom. The second-order valence-corrected chi connectivity index (χ2v) is 9.00.